The number of fused-ring (bicyclic) bond motifs is 1. The zero-order valence-corrected chi connectivity index (χ0v) is 18.3. The third-order valence-corrected chi connectivity index (χ3v) is 4.66. The number of aromatic nitrogens is 4. The van der Waals surface area contributed by atoms with Crippen LogP contribution in [-0.2, 0) is 29.2 Å². The van der Waals surface area contributed by atoms with Gasteiger partial charge in [-0.15, -0.1) is 0 Å². The fourth-order valence-electron chi connectivity index (χ4n) is 3.00. The Bertz CT molecular complexity index is 1140. The number of anilines is 2. The number of carbonyl (C=O) groups is 2. The molecule has 3 aromatic rings. The first-order chi connectivity index (χ1) is 15.4. The molecule has 0 spiro atoms. The molecule has 2 aromatic heterocycles. The number of carboxylic acid groups (broad SMARTS) is 1. The first kappa shape index (κ1) is 25.6. The Morgan fingerprint density at radius 3 is 2.33 bits per heavy atom. The number of esters is 1. The number of benzene rings is 1. The summed E-state index contributed by atoms with van der Waals surface area (Å²) < 4.78 is 41.2. The number of alkyl halides is 3. The second-order valence-electron chi connectivity index (χ2n) is 6.39. The number of rotatable bonds is 5. The van der Waals surface area contributed by atoms with Crippen LogP contribution in [0.5, 0.6) is 0 Å². The topological polar surface area (TPSA) is 153 Å². The smallest absolute Gasteiger partial charge is 0.430 e. The van der Waals surface area contributed by atoms with Crippen LogP contribution in [0.3, 0.4) is 0 Å². The van der Waals surface area contributed by atoms with Gasteiger partial charge in [0, 0.05) is 0 Å². The summed E-state index contributed by atoms with van der Waals surface area (Å²) in [4.78, 5) is 28.9. The first-order valence-electron chi connectivity index (χ1n) is 9.45. The Morgan fingerprint density at radius 1 is 1.18 bits per heavy atom. The van der Waals surface area contributed by atoms with Crippen molar-refractivity contribution in [2.24, 2.45) is 0 Å². The number of carboxylic acids is 1. The molecule has 0 atom stereocenters. The predicted molar refractivity (Wildman–Crippen MR) is 110 cm³/mol. The van der Waals surface area contributed by atoms with Crippen molar-refractivity contribution in [1.82, 2.24) is 14.5 Å². The molecule has 178 valence electrons. The number of nitrogens with zero attached hydrogens (tertiary/aromatic N) is 4. The number of hydrogen-bond acceptors (Lipinski definition) is 8. The number of ether oxygens (including phenoxy) is 1. The van der Waals surface area contributed by atoms with E-state index in [-0.39, 0.29) is 29.1 Å². The van der Waals surface area contributed by atoms with E-state index in [2.05, 4.69) is 19.1 Å². The molecule has 2 heterocycles. The molecule has 0 aliphatic rings. The van der Waals surface area contributed by atoms with Crippen molar-refractivity contribution in [2.45, 2.75) is 39.7 Å². The van der Waals surface area contributed by atoms with E-state index in [0.717, 1.165) is 29.9 Å². The lowest BCUT2D eigenvalue weighted by molar-refractivity contribution is -0.678. The monoisotopic (exact) mass is 488 g/mol. The van der Waals surface area contributed by atoms with Crippen LogP contribution in [0.1, 0.15) is 30.2 Å². The van der Waals surface area contributed by atoms with Gasteiger partial charge in [0.1, 0.15) is 5.97 Å². The van der Waals surface area contributed by atoms with Crippen LogP contribution in [0, 0.1) is 0 Å². The van der Waals surface area contributed by atoms with E-state index in [9.17, 15) is 18.0 Å². The van der Waals surface area contributed by atoms with E-state index in [4.69, 9.17) is 37.7 Å². The third kappa shape index (κ3) is 5.80. The van der Waals surface area contributed by atoms with E-state index in [1.165, 1.54) is 0 Å². The number of imidazole rings is 1. The Balaban J connectivity index is 0.000000479. The number of nitrogens with two attached hydrogens (primary N) is 2. The largest absolute Gasteiger partial charge is 0.542 e. The van der Waals surface area contributed by atoms with Gasteiger partial charge in [-0.25, -0.2) is 23.9 Å². The number of aliphatic carboxylic acids is 1. The molecule has 4 N–H and O–H groups in total. The van der Waals surface area contributed by atoms with Crippen molar-refractivity contribution in [3.63, 3.8) is 0 Å². The zero-order chi connectivity index (χ0) is 24.9. The summed E-state index contributed by atoms with van der Waals surface area (Å²) in [6, 6.07) is 8.05. The second-order valence-corrected chi connectivity index (χ2v) is 6.75. The maximum absolute atomic E-state index is 12.4. The molecule has 0 saturated heterocycles. The van der Waals surface area contributed by atoms with Gasteiger partial charge in [-0.1, -0.05) is 23.7 Å². The number of para-hydroxylation sites is 2. The SMILES string of the molecule is CCn1c(COC(=O)c2nc(Cl)c(N)nc2N)[n+](CC)c2ccccc21.O=C([O-])C(F)(F)F. The summed E-state index contributed by atoms with van der Waals surface area (Å²) in [5.74, 6) is -2.98. The van der Waals surface area contributed by atoms with Gasteiger partial charge < -0.3 is 26.1 Å². The molecule has 3 rings (SSSR count). The second kappa shape index (κ2) is 10.3. The lowest BCUT2D eigenvalue weighted by Crippen LogP contribution is -2.37. The number of carbonyl (C=O) groups excluding carboxylic acids is 2. The van der Waals surface area contributed by atoms with Gasteiger partial charge in [0.2, 0.25) is 0 Å². The Kier molecular flexibility index (Phi) is 8.03. The molecule has 0 bridgehead atoms. The number of halogens is 4. The van der Waals surface area contributed by atoms with Gasteiger partial charge in [0.15, 0.2) is 40.1 Å². The molecule has 0 aliphatic heterocycles. The van der Waals surface area contributed by atoms with Crippen molar-refractivity contribution in [1.29, 1.82) is 0 Å². The zero-order valence-electron chi connectivity index (χ0n) is 17.5. The van der Waals surface area contributed by atoms with E-state index in [1.54, 1.807) is 0 Å². The standard InChI is InChI=1S/C17H19ClN6O2.C2HF3O2/c1-3-23-10-7-5-6-8-11(10)24(4-2)12(23)9-26-17(25)13-15(19)22-16(20)14(18)21-13;3-2(4,5)1(6)7/h5-8H,3-4,9H2,1-2H3,(H3-,19,20,22,25);(H,6,7). The Morgan fingerprint density at radius 2 is 1.79 bits per heavy atom. The number of hydrogen-bond donors (Lipinski definition) is 2. The molecule has 0 amide bonds. The lowest BCUT2D eigenvalue weighted by atomic mass is 10.3. The van der Waals surface area contributed by atoms with Gasteiger partial charge >= 0.3 is 12.1 Å². The van der Waals surface area contributed by atoms with Gasteiger partial charge in [0.05, 0.1) is 13.1 Å². The van der Waals surface area contributed by atoms with Crippen LogP contribution >= 0.6 is 11.6 Å². The predicted octanol–water partition coefficient (Wildman–Crippen LogP) is 1.23. The molecular formula is C19H20ClF3N6O4. The van der Waals surface area contributed by atoms with E-state index in [0.29, 0.717) is 0 Å². The molecule has 0 fully saturated rings. The first-order valence-corrected chi connectivity index (χ1v) is 9.83. The van der Waals surface area contributed by atoms with Crippen molar-refractivity contribution in [3.05, 3.63) is 40.9 Å². The van der Waals surface area contributed by atoms with Gasteiger partial charge in [-0.3, -0.25) is 0 Å². The van der Waals surface area contributed by atoms with Crippen LogP contribution < -0.4 is 21.1 Å². The van der Waals surface area contributed by atoms with E-state index in [1.807, 2.05) is 38.1 Å². The molecule has 0 unspecified atom stereocenters. The normalized spacial score (nSPS) is 11.1. The average molecular weight is 489 g/mol. The highest BCUT2D eigenvalue weighted by molar-refractivity contribution is 6.31. The van der Waals surface area contributed by atoms with Gasteiger partial charge in [-0.05, 0) is 26.0 Å². The van der Waals surface area contributed by atoms with Crippen LogP contribution in [0.25, 0.3) is 11.0 Å². The highest BCUT2D eigenvalue weighted by Crippen LogP contribution is 2.19. The highest BCUT2D eigenvalue weighted by Gasteiger charge is 2.29. The lowest BCUT2D eigenvalue weighted by Gasteiger charge is -2.07. The number of aryl methyl sites for hydroxylation is 2. The highest BCUT2D eigenvalue weighted by atomic mass is 35.5. The molecule has 1 aromatic carbocycles. The minimum atomic E-state index is -5.19. The van der Waals surface area contributed by atoms with Gasteiger partial charge in [0.25, 0.3) is 5.82 Å². The van der Waals surface area contributed by atoms with Crippen molar-refractivity contribution >= 4 is 46.2 Å². The summed E-state index contributed by atoms with van der Waals surface area (Å²) in [6.45, 7) is 5.65. The molecule has 0 saturated carbocycles. The Labute approximate surface area is 190 Å². The molecule has 10 nitrogen and oxygen atoms in total. The summed E-state index contributed by atoms with van der Waals surface area (Å²) in [6.07, 6.45) is -5.19. The summed E-state index contributed by atoms with van der Waals surface area (Å²) in [5.41, 5.74) is 13.3. The molecule has 0 aliphatic carbocycles. The molecule has 0 radical (unpaired) electrons. The quantitative estimate of drug-likeness (QED) is 0.401. The van der Waals surface area contributed by atoms with Crippen molar-refractivity contribution in [2.75, 3.05) is 11.5 Å². The average Bonchev–Trinajstić information content (AvgIpc) is 3.06. The van der Waals surface area contributed by atoms with Crippen LogP contribution in [0.15, 0.2) is 24.3 Å². The third-order valence-electron chi connectivity index (χ3n) is 4.38. The molecular weight excluding hydrogens is 469 g/mol. The van der Waals surface area contributed by atoms with Crippen LogP contribution in [0.2, 0.25) is 5.15 Å². The summed E-state index contributed by atoms with van der Waals surface area (Å²) >= 11 is 5.83. The van der Waals surface area contributed by atoms with Crippen LogP contribution in [-0.4, -0.2) is 32.6 Å². The fraction of sp³-hybridized carbons (Fsp3) is 0.316. The van der Waals surface area contributed by atoms with Crippen molar-refractivity contribution in [3.8, 4) is 0 Å². The maximum Gasteiger partial charge on any atom is 0.430 e. The van der Waals surface area contributed by atoms with Crippen molar-refractivity contribution < 1.29 is 37.2 Å². The van der Waals surface area contributed by atoms with Crippen LogP contribution in [0.4, 0.5) is 24.8 Å². The summed E-state index contributed by atoms with van der Waals surface area (Å²) in [5, 5.41) is 8.70. The van der Waals surface area contributed by atoms with E-state index >= 15 is 0 Å². The molecule has 14 heteroatoms. The number of nitrogen functional groups attached to an aromatic ring is 2. The summed E-state index contributed by atoms with van der Waals surface area (Å²) in [7, 11) is 0. The minimum Gasteiger partial charge on any atom is -0.542 e. The minimum absolute atomic E-state index is 0.0318. The molecule has 33 heavy (non-hydrogen) atoms. The maximum atomic E-state index is 12.4. The van der Waals surface area contributed by atoms with Gasteiger partial charge in [-0.2, -0.15) is 13.2 Å². The fourth-order valence-corrected chi connectivity index (χ4v) is 3.12. The van der Waals surface area contributed by atoms with E-state index < -0.39 is 18.1 Å². The Hall–Kier alpha value is -3.61.